The first-order chi connectivity index (χ1) is 32.9. The molecule has 354 valence electrons. The second-order valence-corrected chi connectivity index (χ2v) is 15.6. The molecule has 1 saturated heterocycles. The van der Waals surface area contributed by atoms with Crippen LogP contribution in [0.4, 0.5) is 37.4 Å². The van der Waals surface area contributed by atoms with E-state index in [9.17, 15) is 9.59 Å². The van der Waals surface area contributed by atoms with E-state index in [1.807, 2.05) is 37.2 Å². The van der Waals surface area contributed by atoms with Gasteiger partial charge in [0.05, 0.1) is 26.0 Å². The minimum atomic E-state index is -1.27. The summed E-state index contributed by atoms with van der Waals surface area (Å²) in [5.41, 5.74) is 1.82. The highest BCUT2D eigenvalue weighted by Gasteiger charge is 2.37. The largest absolute Gasteiger partial charge is 0.497 e. The van der Waals surface area contributed by atoms with Crippen LogP contribution in [-0.2, 0) is 0 Å². The van der Waals surface area contributed by atoms with E-state index in [4.69, 9.17) is 42.2 Å². The second kappa shape index (κ2) is 20.6. The van der Waals surface area contributed by atoms with Crippen molar-refractivity contribution in [2.75, 3.05) is 88.4 Å². The molecule has 8 rings (SSSR count). The van der Waals surface area contributed by atoms with E-state index in [0.29, 0.717) is 53.1 Å². The van der Waals surface area contributed by atoms with Gasteiger partial charge in [0.2, 0.25) is 23.1 Å². The van der Waals surface area contributed by atoms with Crippen LogP contribution in [0.3, 0.4) is 0 Å². The van der Waals surface area contributed by atoms with Gasteiger partial charge in [0.1, 0.15) is 46.4 Å². The molecule has 1 fully saturated rings. The van der Waals surface area contributed by atoms with Crippen LogP contribution >= 0.6 is 0 Å². The minimum Gasteiger partial charge on any atom is -0.497 e. The van der Waals surface area contributed by atoms with Crippen molar-refractivity contribution in [3.05, 3.63) is 96.4 Å². The number of fused-ring (bicyclic) bond motifs is 2. The fourth-order valence-electron chi connectivity index (χ4n) is 7.31. The number of ether oxygens (including phenoxy) is 6. The van der Waals surface area contributed by atoms with Gasteiger partial charge in [-0.3, -0.25) is 0 Å². The molecule has 4 amide bonds. The number of anilines is 4. The molecule has 0 radical (unpaired) electrons. The first kappa shape index (κ1) is 46.4. The van der Waals surface area contributed by atoms with Crippen LogP contribution in [0, 0.1) is 13.8 Å². The molecule has 0 saturated carbocycles. The molecule has 0 aliphatic carbocycles. The van der Waals surface area contributed by atoms with Crippen LogP contribution in [0.5, 0.6) is 34.8 Å². The van der Waals surface area contributed by atoms with E-state index in [1.165, 1.54) is 11.0 Å². The molecule has 0 unspecified atom stereocenters. The predicted octanol–water partition coefficient (Wildman–Crippen LogP) is 8.41. The average molecular weight is 930 g/mol. The third-order valence-electron chi connectivity index (χ3n) is 10.5. The van der Waals surface area contributed by atoms with E-state index in [2.05, 4.69) is 19.9 Å². The second-order valence-electron chi connectivity index (χ2n) is 15.6. The van der Waals surface area contributed by atoms with Crippen molar-refractivity contribution in [2.24, 2.45) is 0 Å². The van der Waals surface area contributed by atoms with Crippen molar-refractivity contribution < 1.29 is 51.6 Å². The number of para-hydroxylation sites is 3. The summed E-state index contributed by atoms with van der Waals surface area (Å²) in [6, 6.07) is 22.9. The van der Waals surface area contributed by atoms with Gasteiger partial charge in [0.15, 0.2) is 5.75 Å². The smallest absolute Gasteiger partial charge is 0.431 e. The Kier molecular flexibility index (Phi) is 14.0. The van der Waals surface area contributed by atoms with Crippen molar-refractivity contribution >= 4 is 63.7 Å². The molecule has 0 atom stereocenters. The number of amides is 4. The number of piperazine rings is 1. The van der Waals surface area contributed by atoms with Gasteiger partial charge in [0, 0.05) is 68.7 Å². The molecular weight excluding hydrogens is 879 g/mol. The Balaban J connectivity index is 1.17. The number of likely N-dealkylation sites (N-methyl/N-ethyl adjacent to an activating group) is 1. The zero-order valence-electron chi connectivity index (χ0n) is 38.8. The Morgan fingerprint density at radius 3 is 1.88 bits per heavy atom. The molecule has 4 aromatic heterocycles. The molecule has 7 aromatic rings. The molecule has 3 aromatic carbocycles. The number of hydrogen-bond acceptors (Lipinski definition) is 17. The van der Waals surface area contributed by atoms with Gasteiger partial charge in [-0.05, 0) is 66.1 Å². The molecule has 5 heterocycles. The average Bonchev–Trinajstić information content (AvgIpc) is 3.88. The molecule has 20 heteroatoms. The fraction of sp³-hybridized carbons (Fsp3) is 0.312. The van der Waals surface area contributed by atoms with E-state index in [-0.39, 0.29) is 83.8 Å². The maximum absolute atomic E-state index is 15.3. The van der Waals surface area contributed by atoms with Crippen LogP contribution in [0.1, 0.15) is 25.4 Å². The first-order valence-corrected chi connectivity index (χ1v) is 21.9. The van der Waals surface area contributed by atoms with Crippen molar-refractivity contribution in [3.63, 3.8) is 0 Å². The van der Waals surface area contributed by atoms with Gasteiger partial charge < -0.3 is 52.0 Å². The highest BCUT2D eigenvalue weighted by molar-refractivity contribution is 6.11. The van der Waals surface area contributed by atoms with E-state index in [0.717, 1.165) is 12.2 Å². The number of nitrogens with zero attached hydrogens (tertiary/aromatic N) is 9. The summed E-state index contributed by atoms with van der Waals surface area (Å²) in [4.78, 5) is 70.4. The van der Waals surface area contributed by atoms with Gasteiger partial charge in [-0.15, -0.1) is 0 Å². The lowest BCUT2D eigenvalue weighted by Gasteiger charge is -2.38. The zero-order chi connectivity index (χ0) is 47.9. The number of aryl methyl sites for hydroxylation is 2. The number of rotatable bonds is 15. The SMILES string of the molecule is CCOc1nc2oc(C)cc2nc1N(C(=O)Oc1ccccc1)C(=O)Oc1ccccc1N(C(=O)N1CCN(c2cc(OC)cc(OCCN(C)C)c2)CC1)c1nc2cc(C)oc2nc1OCC. The summed E-state index contributed by atoms with van der Waals surface area (Å²) in [5, 5.41) is 0. The molecule has 68 heavy (non-hydrogen) atoms. The standard InChI is InChI=1S/C48H51N9O11/c1-8-62-44-40(49-36-25-30(3)65-42(36)51-44)56(46(58)55-21-19-54(20-22-55)32-27-34(61-7)29-35(28-32)64-24-23-53(5)6)38-17-13-14-18-39(38)68-48(60)57(47(59)67-33-15-11-10-12-16-33)41-45(63-9-2)52-43-37(50-41)26-31(4)66-43/h10-18,25-29H,8-9,19-24H2,1-7H3. The third kappa shape index (κ3) is 10.3. The topological polar surface area (TPSA) is 201 Å². The van der Waals surface area contributed by atoms with Gasteiger partial charge >= 0.3 is 18.2 Å². The summed E-state index contributed by atoms with van der Waals surface area (Å²) < 4.78 is 46.8. The summed E-state index contributed by atoms with van der Waals surface area (Å²) in [7, 11) is 5.56. The Morgan fingerprint density at radius 1 is 0.662 bits per heavy atom. The maximum Gasteiger partial charge on any atom is 0.431 e. The Hall–Kier alpha value is -8.13. The molecule has 1 aliphatic heterocycles. The quantitative estimate of drug-likeness (QED) is 0.0948. The third-order valence-corrected chi connectivity index (χ3v) is 10.5. The molecule has 0 bridgehead atoms. The first-order valence-electron chi connectivity index (χ1n) is 21.9. The highest BCUT2D eigenvalue weighted by atomic mass is 16.6. The Labute approximate surface area is 391 Å². The van der Waals surface area contributed by atoms with Gasteiger partial charge in [0.25, 0.3) is 11.8 Å². The van der Waals surface area contributed by atoms with Crippen LogP contribution in [-0.4, -0.2) is 122 Å². The van der Waals surface area contributed by atoms with Crippen LogP contribution in [0.25, 0.3) is 22.5 Å². The number of benzene rings is 3. The number of furan rings is 2. The minimum absolute atomic E-state index is 0.00555. The summed E-state index contributed by atoms with van der Waals surface area (Å²) >= 11 is 0. The number of methoxy groups -OCH3 is 1. The molecule has 1 aliphatic rings. The maximum atomic E-state index is 15.3. The van der Waals surface area contributed by atoms with Gasteiger partial charge in [-0.1, -0.05) is 30.3 Å². The summed E-state index contributed by atoms with van der Waals surface area (Å²) in [5.74, 6) is 1.73. The monoisotopic (exact) mass is 929 g/mol. The van der Waals surface area contributed by atoms with Gasteiger partial charge in [-0.25, -0.2) is 29.3 Å². The Morgan fingerprint density at radius 2 is 1.25 bits per heavy atom. The van der Waals surface area contributed by atoms with E-state index in [1.54, 1.807) is 100 Å². The summed E-state index contributed by atoms with van der Waals surface area (Å²) in [6.07, 6.45) is -2.46. The van der Waals surface area contributed by atoms with Crippen molar-refractivity contribution in [3.8, 4) is 34.8 Å². The van der Waals surface area contributed by atoms with Gasteiger partial charge in [-0.2, -0.15) is 14.9 Å². The zero-order valence-corrected chi connectivity index (χ0v) is 38.8. The number of imide groups is 1. The lowest BCUT2D eigenvalue weighted by atomic mass is 10.2. The molecule has 0 spiro atoms. The Bertz CT molecular complexity index is 2920. The van der Waals surface area contributed by atoms with E-state index >= 15 is 4.79 Å². The molecular formula is C48H51N9O11. The number of carbonyl (C=O) groups is 3. The number of hydrogen-bond donors (Lipinski definition) is 0. The van der Waals surface area contributed by atoms with Crippen molar-refractivity contribution in [1.82, 2.24) is 29.7 Å². The van der Waals surface area contributed by atoms with E-state index < -0.39 is 18.2 Å². The summed E-state index contributed by atoms with van der Waals surface area (Å²) in [6.45, 7) is 9.82. The highest BCUT2D eigenvalue weighted by Crippen LogP contribution is 2.40. The normalized spacial score (nSPS) is 12.6. The predicted molar refractivity (Wildman–Crippen MR) is 251 cm³/mol. The molecule has 20 nitrogen and oxygen atoms in total. The van der Waals surface area contributed by atoms with Crippen LogP contribution in [0.2, 0.25) is 0 Å². The fourth-order valence-corrected chi connectivity index (χ4v) is 7.31. The number of aromatic nitrogens is 4. The number of carbonyl (C=O) groups excluding carboxylic acids is 3. The van der Waals surface area contributed by atoms with Crippen molar-refractivity contribution in [2.45, 2.75) is 27.7 Å². The number of urea groups is 1. The van der Waals surface area contributed by atoms with Crippen LogP contribution in [0.15, 0.2) is 93.8 Å². The lowest BCUT2D eigenvalue weighted by Crippen LogP contribution is -2.52. The molecule has 0 N–H and O–H groups in total. The lowest BCUT2D eigenvalue weighted by molar-refractivity contribution is 0.189. The van der Waals surface area contributed by atoms with Crippen molar-refractivity contribution in [1.29, 1.82) is 0 Å². The van der Waals surface area contributed by atoms with Crippen LogP contribution < -0.4 is 43.1 Å².